The van der Waals surface area contributed by atoms with Gasteiger partial charge in [-0.3, -0.25) is 4.79 Å². The van der Waals surface area contributed by atoms with Crippen LogP contribution in [0.4, 0.5) is 13.2 Å². The van der Waals surface area contributed by atoms with Crippen LogP contribution in [-0.4, -0.2) is 20.4 Å². The van der Waals surface area contributed by atoms with Crippen molar-refractivity contribution in [2.45, 2.75) is 30.3 Å². The number of Topliss-reactive ketones (excluding diaryl/α,β-unsaturated/α-hetero) is 1. The Morgan fingerprint density at radius 1 is 0.903 bits per heavy atom. The van der Waals surface area contributed by atoms with Gasteiger partial charge >= 0.3 is 16.3 Å². The minimum absolute atomic E-state index is 0.0659. The first-order chi connectivity index (χ1) is 14.6. The fourth-order valence-electron chi connectivity index (χ4n) is 2.99. The number of rotatable bonds is 7. The lowest BCUT2D eigenvalue weighted by Crippen LogP contribution is -2.23. The summed E-state index contributed by atoms with van der Waals surface area (Å²) in [5.41, 5.74) is 0.907. The van der Waals surface area contributed by atoms with Crippen LogP contribution < -0.4 is 4.18 Å². The maximum atomic E-state index is 13.6. The van der Waals surface area contributed by atoms with Crippen LogP contribution in [0.1, 0.15) is 33.8 Å². The summed E-state index contributed by atoms with van der Waals surface area (Å²) >= 11 is 0. The van der Waals surface area contributed by atoms with Crippen LogP contribution in [0.2, 0.25) is 0 Å². The van der Waals surface area contributed by atoms with Gasteiger partial charge in [0.2, 0.25) is 0 Å². The molecule has 0 saturated carbocycles. The molecule has 1 atom stereocenters. The van der Waals surface area contributed by atoms with Gasteiger partial charge in [-0.15, -0.1) is 0 Å². The van der Waals surface area contributed by atoms with Gasteiger partial charge in [-0.1, -0.05) is 60.2 Å². The van der Waals surface area contributed by atoms with Crippen LogP contribution >= 0.6 is 0 Å². The highest BCUT2D eigenvalue weighted by Gasteiger charge is 2.42. The van der Waals surface area contributed by atoms with E-state index in [1.54, 1.807) is 37.3 Å². The highest BCUT2D eigenvalue weighted by atomic mass is 32.2. The molecule has 0 aliphatic rings. The largest absolute Gasteiger partial charge is 0.396 e. The Hall–Kier alpha value is -3.13. The van der Waals surface area contributed by atoms with Gasteiger partial charge in [0.1, 0.15) is 10.6 Å². The number of aryl methyl sites for hydroxylation is 1. The SMILES string of the molecule is Cc1ccc(S(=O)(=O)Oc2ccc(C(CC(=O)c3ccccc3)C(F)(F)F)cc2)cc1. The zero-order valence-corrected chi connectivity index (χ0v) is 17.3. The molecule has 1 unspecified atom stereocenters. The van der Waals surface area contributed by atoms with E-state index in [0.29, 0.717) is 0 Å². The Labute approximate surface area is 178 Å². The first-order valence-corrected chi connectivity index (χ1v) is 10.7. The molecule has 3 rings (SSSR count). The summed E-state index contributed by atoms with van der Waals surface area (Å²) in [5.74, 6) is -2.78. The van der Waals surface area contributed by atoms with Gasteiger partial charge in [-0.2, -0.15) is 21.6 Å². The Morgan fingerprint density at radius 3 is 2.03 bits per heavy atom. The third-order valence-electron chi connectivity index (χ3n) is 4.68. The molecule has 0 aromatic heterocycles. The third kappa shape index (κ3) is 5.73. The van der Waals surface area contributed by atoms with Crippen LogP contribution in [0.15, 0.2) is 83.8 Å². The average Bonchev–Trinajstić information content (AvgIpc) is 2.72. The first kappa shape index (κ1) is 22.6. The van der Waals surface area contributed by atoms with E-state index >= 15 is 0 Å². The van der Waals surface area contributed by atoms with Crippen molar-refractivity contribution in [1.82, 2.24) is 0 Å². The molecule has 0 aliphatic heterocycles. The standard InChI is InChI=1S/C23H19F3O4S/c1-16-7-13-20(14-8-16)31(28,29)30-19-11-9-17(10-12-19)21(23(24,25)26)15-22(27)18-5-3-2-4-6-18/h2-14,21H,15H2,1H3. The van der Waals surface area contributed by atoms with Crippen LogP contribution in [0, 0.1) is 6.92 Å². The van der Waals surface area contributed by atoms with E-state index < -0.39 is 34.4 Å². The molecule has 0 N–H and O–H groups in total. The fourth-order valence-corrected chi connectivity index (χ4v) is 3.92. The zero-order chi connectivity index (χ0) is 22.6. The molecule has 0 fully saturated rings. The summed E-state index contributed by atoms with van der Waals surface area (Å²) in [6.07, 6.45) is -5.41. The van der Waals surface area contributed by atoms with E-state index in [9.17, 15) is 26.4 Å². The molecule has 162 valence electrons. The quantitative estimate of drug-likeness (QED) is 0.345. The molecule has 0 aliphatic carbocycles. The van der Waals surface area contributed by atoms with E-state index in [0.717, 1.165) is 29.8 Å². The zero-order valence-electron chi connectivity index (χ0n) is 16.5. The number of carbonyl (C=O) groups excluding carboxylic acids is 1. The molecule has 0 amide bonds. The van der Waals surface area contributed by atoms with Crippen molar-refractivity contribution in [2.75, 3.05) is 0 Å². The predicted octanol–water partition coefficient (Wildman–Crippen LogP) is 5.68. The third-order valence-corrected chi connectivity index (χ3v) is 5.94. The molecular weight excluding hydrogens is 429 g/mol. The summed E-state index contributed by atoms with van der Waals surface area (Å²) in [5, 5.41) is 0. The summed E-state index contributed by atoms with van der Waals surface area (Å²) < 4.78 is 70.6. The second-order valence-electron chi connectivity index (χ2n) is 7.01. The van der Waals surface area contributed by atoms with Gasteiger partial charge in [0, 0.05) is 12.0 Å². The smallest absolute Gasteiger partial charge is 0.379 e. The molecule has 4 nitrogen and oxygen atoms in total. The van der Waals surface area contributed by atoms with Gasteiger partial charge in [0.15, 0.2) is 5.78 Å². The highest BCUT2D eigenvalue weighted by Crippen LogP contribution is 2.39. The van der Waals surface area contributed by atoms with Crippen molar-refractivity contribution in [3.05, 3.63) is 95.6 Å². The number of hydrogen-bond donors (Lipinski definition) is 0. The van der Waals surface area contributed by atoms with E-state index in [1.807, 2.05) is 0 Å². The second-order valence-corrected chi connectivity index (χ2v) is 8.55. The minimum Gasteiger partial charge on any atom is -0.379 e. The lowest BCUT2D eigenvalue weighted by atomic mass is 9.91. The van der Waals surface area contributed by atoms with Crippen molar-refractivity contribution in [3.8, 4) is 5.75 Å². The maximum absolute atomic E-state index is 13.6. The van der Waals surface area contributed by atoms with Gasteiger partial charge < -0.3 is 4.18 Å². The lowest BCUT2D eigenvalue weighted by molar-refractivity contribution is -0.149. The number of carbonyl (C=O) groups is 1. The maximum Gasteiger partial charge on any atom is 0.396 e. The van der Waals surface area contributed by atoms with E-state index in [-0.39, 0.29) is 21.8 Å². The molecule has 0 heterocycles. The summed E-state index contributed by atoms with van der Waals surface area (Å²) in [6, 6.07) is 18.3. The summed E-state index contributed by atoms with van der Waals surface area (Å²) in [4.78, 5) is 12.2. The van der Waals surface area contributed by atoms with Gasteiger partial charge in [-0.05, 0) is 36.8 Å². The number of hydrogen-bond acceptors (Lipinski definition) is 4. The van der Waals surface area contributed by atoms with Gasteiger partial charge in [0.25, 0.3) is 0 Å². The lowest BCUT2D eigenvalue weighted by Gasteiger charge is -2.20. The summed E-state index contributed by atoms with van der Waals surface area (Å²) in [7, 11) is -4.12. The van der Waals surface area contributed by atoms with Crippen molar-refractivity contribution in [1.29, 1.82) is 0 Å². The van der Waals surface area contributed by atoms with E-state index in [4.69, 9.17) is 4.18 Å². The summed E-state index contributed by atoms with van der Waals surface area (Å²) in [6.45, 7) is 1.80. The Kier molecular flexibility index (Phi) is 6.50. The van der Waals surface area contributed by atoms with Crippen LogP contribution in [0.5, 0.6) is 5.75 Å². The van der Waals surface area contributed by atoms with E-state index in [2.05, 4.69) is 0 Å². The minimum atomic E-state index is -4.65. The van der Waals surface area contributed by atoms with Crippen molar-refractivity contribution < 1.29 is 30.6 Å². The highest BCUT2D eigenvalue weighted by molar-refractivity contribution is 7.87. The molecule has 0 saturated heterocycles. The number of benzene rings is 3. The molecule has 3 aromatic rings. The topological polar surface area (TPSA) is 60.4 Å². The Balaban J connectivity index is 1.80. The molecule has 31 heavy (non-hydrogen) atoms. The van der Waals surface area contributed by atoms with Crippen LogP contribution in [0.25, 0.3) is 0 Å². The fraction of sp³-hybridized carbons (Fsp3) is 0.174. The second kappa shape index (κ2) is 8.93. The van der Waals surface area contributed by atoms with Gasteiger partial charge in [0.05, 0.1) is 5.92 Å². The molecule has 0 radical (unpaired) electrons. The van der Waals surface area contributed by atoms with Gasteiger partial charge in [-0.25, -0.2) is 0 Å². The number of ketones is 1. The van der Waals surface area contributed by atoms with Crippen molar-refractivity contribution >= 4 is 15.9 Å². The van der Waals surface area contributed by atoms with Crippen LogP contribution in [-0.2, 0) is 10.1 Å². The number of alkyl halides is 3. The molecule has 0 bridgehead atoms. The van der Waals surface area contributed by atoms with E-state index in [1.165, 1.54) is 24.3 Å². The molecule has 0 spiro atoms. The molecule has 8 heteroatoms. The molecule has 3 aromatic carbocycles. The number of halogens is 3. The molecular formula is C23H19F3O4S. The average molecular weight is 448 g/mol. The first-order valence-electron chi connectivity index (χ1n) is 9.32. The van der Waals surface area contributed by atoms with Crippen molar-refractivity contribution in [3.63, 3.8) is 0 Å². The predicted molar refractivity (Wildman–Crippen MR) is 110 cm³/mol. The van der Waals surface area contributed by atoms with Crippen molar-refractivity contribution in [2.24, 2.45) is 0 Å². The monoisotopic (exact) mass is 448 g/mol. The Bertz CT molecular complexity index is 1140. The Morgan fingerprint density at radius 2 is 1.48 bits per heavy atom. The normalized spacial score (nSPS) is 12.9. The van der Waals surface area contributed by atoms with Crippen LogP contribution in [0.3, 0.4) is 0 Å².